The monoisotopic (exact) mass is 400 g/mol. The van der Waals surface area contributed by atoms with Gasteiger partial charge in [-0.2, -0.15) is 4.39 Å². The highest BCUT2D eigenvalue weighted by Crippen LogP contribution is 2.34. The Labute approximate surface area is 170 Å². The van der Waals surface area contributed by atoms with Gasteiger partial charge in [-0.05, 0) is 68.2 Å². The Hall–Kier alpha value is -2.69. The second-order valence-corrected chi connectivity index (χ2v) is 7.30. The molecule has 0 amide bonds. The Morgan fingerprint density at radius 1 is 1.03 bits per heavy atom. The van der Waals surface area contributed by atoms with Crippen LogP contribution < -0.4 is 4.74 Å². The molecular formula is C24H26F2O3. The highest BCUT2D eigenvalue weighted by Gasteiger charge is 2.27. The minimum atomic E-state index is -1.25. The van der Waals surface area contributed by atoms with Gasteiger partial charge in [-0.1, -0.05) is 37.3 Å². The Morgan fingerprint density at radius 2 is 1.72 bits per heavy atom. The molecule has 0 aromatic heterocycles. The summed E-state index contributed by atoms with van der Waals surface area (Å²) in [7, 11) is 0. The highest BCUT2D eigenvalue weighted by atomic mass is 19.2. The number of aryl methyl sites for hydroxylation is 1. The fraction of sp³-hybridized carbons (Fsp3) is 0.375. The molecule has 1 aliphatic carbocycles. The normalized spacial score (nSPS) is 19.3. The Bertz CT molecular complexity index is 866. The lowest BCUT2D eigenvalue weighted by Crippen LogP contribution is -2.24. The van der Waals surface area contributed by atoms with E-state index >= 15 is 0 Å². The number of hydrogen-bond donors (Lipinski definition) is 0. The van der Waals surface area contributed by atoms with E-state index in [9.17, 15) is 13.6 Å². The lowest BCUT2D eigenvalue weighted by atomic mass is 9.82. The van der Waals surface area contributed by atoms with Gasteiger partial charge < -0.3 is 9.47 Å². The number of halogens is 2. The van der Waals surface area contributed by atoms with E-state index in [2.05, 4.69) is 31.2 Å². The van der Waals surface area contributed by atoms with Crippen molar-refractivity contribution in [3.63, 3.8) is 0 Å². The first kappa shape index (κ1) is 21.0. The van der Waals surface area contributed by atoms with Gasteiger partial charge in [0.2, 0.25) is 5.82 Å². The van der Waals surface area contributed by atoms with Gasteiger partial charge >= 0.3 is 5.97 Å². The van der Waals surface area contributed by atoms with Gasteiger partial charge in [0.25, 0.3) is 0 Å². The number of esters is 1. The van der Waals surface area contributed by atoms with E-state index in [1.165, 1.54) is 29.5 Å². The molecule has 3 rings (SSSR count). The first-order chi connectivity index (χ1) is 14.0. The average molecular weight is 400 g/mol. The molecule has 1 saturated carbocycles. The van der Waals surface area contributed by atoms with Crippen molar-refractivity contribution in [1.82, 2.24) is 0 Å². The Kier molecular flexibility index (Phi) is 7.02. The molecule has 0 aliphatic heterocycles. The van der Waals surface area contributed by atoms with Crippen molar-refractivity contribution in [3.05, 3.63) is 77.1 Å². The molecule has 1 fully saturated rings. The van der Waals surface area contributed by atoms with Gasteiger partial charge in [-0.15, -0.1) is 0 Å². The molecule has 154 valence electrons. The van der Waals surface area contributed by atoms with Crippen molar-refractivity contribution in [2.45, 2.75) is 58.0 Å². The summed E-state index contributed by atoms with van der Waals surface area (Å²) >= 11 is 0. The zero-order chi connectivity index (χ0) is 20.8. The van der Waals surface area contributed by atoms with E-state index in [0.717, 1.165) is 19.3 Å². The van der Waals surface area contributed by atoms with Crippen LogP contribution >= 0.6 is 0 Å². The van der Waals surface area contributed by atoms with Crippen LogP contribution in [0, 0.1) is 11.6 Å². The molecule has 0 radical (unpaired) electrons. The van der Waals surface area contributed by atoms with Crippen molar-refractivity contribution in [2.75, 3.05) is 0 Å². The summed E-state index contributed by atoms with van der Waals surface area (Å²) in [6.45, 7) is 3.82. The lowest BCUT2D eigenvalue weighted by Gasteiger charge is -2.28. The summed E-state index contributed by atoms with van der Waals surface area (Å²) in [4.78, 5) is 12.3. The molecule has 2 aromatic rings. The van der Waals surface area contributed by atoms with Gasteiger partial charge in [-0.3, -0.25) is 0 Å². The summed E-state index contributed by atoms with van der Waals surface area (Å²) in [5, 5.41) is 0. The smallest absolute Gasteiger partial charge is 0.341 e. The third-order valence-corrected chi connectivity index (χ3v) is 5.41. The highest BCUT2D eigenvalue weighted by molar-refractivity contribution is 5.90. The van der Waals surface area contributed by atoms with Crippen LogP contribution in [-0.2, 0) is 11.2 Å². The predicted octanol–water partition coefficient (Wildman–Crippen LogP) is 6.32. The average Bonchev–Trinajstić information content (AvgIpc) is 2.75. The zero-order valence-corrected chi connectivity index (χ0v) is 16.8. The van der Waals surface area contributed by atoms with E-state index in [4.69, 9.17) is 9.47 Å². The first-order valence-corrected chi connectivity index (χ1v) is 10.1. The molecular weight excluding hydrogens is 374 g/mol. The second-order valence-electron chi connectivity index (χ2n) is 7.30. The molecule has 0 spiro atoms. The molecule has 0 heterocycles. The van der Waals surface area contributed by atoms with E-state index < -0.39 is 23.2 Å². The van der Waals surface area contributed by atoms with Crippen molar-refractivity contribution in [1.29, 1.82) is 0 Å². The van der Waals surface area contributed by atoms with Crippen LogP contribution in [0.1, 0.15) is 66.9 Å². The minimum Gasteiger partial charge on any atom is -0.462 e. The standard InChI is InChI=1S/C24H26F2O3/c1-3-15-28-21-14-13-20(22(25)23(21)26)24(27)29-19-11-9-18(10-12-19)17-7-5-16(4-2)6-8-17/h3,5-8,13-15,18-19H,4,9-12H2,1-2H3/b15-3+. The maximum absolute atomic E-state index is 14.3. The van der Waals surface area contributed by atoms with E-state index in [1.54, 1.807) is 13.0 Å². The van der Waals surface area contributed by atoms with Crippen LogP contribution in [0.25, 0.3) is 0 Å². The molecule has 0 bridgehead atoms. The molecule has 0 N–H and O–H groups in total. The van der Waals surface area contributed by atoms with Gasteiger partial charge in [-0.25, -0.2) is 9.18 Å². The van der Waals surface area contributed by atoms with Crippen molar-refractivity contribution in [3.8, 4) is 5.75 Å². The first-order valence-electron chi connectivity index (χ1n) is 10.1. The number of rotatable bonds is 6. The van der Waals surface area contributed by atoms with Crippen LogP contribution in [0.3, 0.4) is 0 Å². The van der Waals surface area contributed by atoms with Crippen LogP contribution in [0.2, 0.25) is 0 Å². The molecule has 3 nitrogen and oxygen atoms in total. The number of allylic oxidation sites excluding steroid dienone is 1. The predicted molar refractivity (Wildman–Crippen MR) is 108 cm³/mol. The fourth-order valence-electron chi connectivity index (χ4n) is 3.68. The Morgan fingerprint density at radius 3 is 2.34 bits per heavy atom. The maximum atomic E-state index is 14.3. The molecule has 29 heavy (non-hydrogen) atoms. The van der Waals surface area contributed by atoms with Crippen molar-refractivity contribution in [2.24, 2.45) is 0 Å². The number of carbonyl (C=O) groups excluding carboxylic acids is 1. The van der Waals surface area contributed by atoms with Crippen molar-refractivity contribution >= 4 is 5.97 Å². The number of hydrogen-bond acceptors (Lipinski definition) is 3. The quantitative estimate of drug-likeness (QED) is 0.420. The number of benzene rings is 2. The largest absolute Gasteiger partial charge is 0.462 e. The van der Waals surface area contributed by atoms with E-state index in [0.29, 0.717) is 18.8 Å². The third-order valence-electron chi connectivity index (χ3n) is 5.41. The second kappa shape index (κ2) is 9.68. The van der Waals surface area contributed by atoms with Gasteiger partial charge in [0, 0.05) is 0 Å². The summed E-state index contributed by atoms with van der Waals surface area (Å²) < 4.78 is 38.8. The lowest BCUT2D eigenvalue weighted by molar-refractivity contribution is 0.0189. The van der Waals surface area contributed by atoms with Crippen LogP contribution in [-0.4, -0.2) is 12.1 Å². The molecule has 0 atom stereocenters. The van der Waals surface area contributed by atoms with Crippen LogP contribution in [0.15, 0.2) is 48.7 Å². The summed E-state index contributed by atoms with van der Waals surface area (Å²) in [6, 6.07) is 11.1. The summed E-state index contributed by atoms with van der Waals surface area (Å²) in [5.41, 5.74) is 2.21. The van der Waals surface area contributed by atoms with Gasteiger partial charge in [0.1, 0.15) is 6.10 Å². The van der Waals surface area contributed by atoms with E-state index in [-0.39, 0.29) is 11.9 Å². The third kappa shape index (κ3) is 5.03. The number of ether oxygens (including phenoxy) is 2. The minimum absolute atomic E-state index is 0.272. The number of carbonyl (C=O) groups is 1. The Balaban J connectivity index is 1.58. The molecule has 1 aliphatic rings. The summed E-state index contributed by atoms with van der Waals surface area (Å²) in [5.74, 6) is -3.12. The van der Waals surface area contributed by atoms with Gasteiger partial charge in [0.05, 0.1) is 11.8 Å². The zero-order valence-electron chi connectivity index (χ0n) is 16.8. The van der Waals surface area contributed by atoms with E-state index in [1.807, 2.05) is 0 Å². The van der Waals surface area contributed by atoms with Crippen LogP contribution in [0.5, 0.6) is 5.75 Å². The van der Waals surface area contributed by atoms with Gasteiger partial charge in [0.15, 0.2) is 11.6 Å². The SMILES string of the molecule is C/C=C/Oc1ccc(C(=O)OC2CCC(c3ccc(CC)cc3)CC2)c(F)c1F. The molecule has 0 saturated heterocycles. The summed E-state index contributed by atoms with van der Waals surface area (Å²) in [6.07, 6.45) is 6.74. The fourth-order valence-corrected chi connectivity index (χ4v) is 3.68. The maximum Gasteiger partial charge on any atom is 0.341 e. The molecule has 2 aromatic carbocycles. The topological polar surface area (TPSA) is 35.5 Å². The van der Waals surface area contributed by atoms with Crippen LogP contribution in [0.4, 0.5) is 8.78 Å². The molecule has 0 unspecified atom stereocenters. The molecule has 5 heteroatoms. The van der Waals surface area contributed by atoms with Crippen molar-refractivity contribution < 1.29 is 23.0 Å².